The summed E-state index contributed by atoms with van der Waals surface area (Å²) in [6.45, 7) is 3.48. The lowest BCUT2D eigenvalue weighted by Gasteiger charge is -2.35. The standard InChI is InChI=1S/C15H29N3O2S/c16-13-6-9-17(10-7-13)14-8-11-18(12-14)21(19,20)15-4-2-1-3-5-15/h13-15H,1-12,16H2. The van der Waals surface area contributed by atoms with E-state index in [1.165, 1.54) is 6.42 Å². The molecule has 1 atom stereocenters. The maximum atomic E-state index is 12.8. The molecule has 2 heterocycles. The van der Waals surface area contributed by atoms with E-state index in [2.05, 4.69) is 4.90 Å². The van der Waals surface area contributed by atoms with Crippen molar-refractivity contribution in [3.63, 3.8) is 0 Å². The van der Waals surface area contributed by atoms with Crippen LogP contribution in [-0.4, -0.2) is 61.1 Å². The van der Waals surface area contributed by atoms with Gasteiger partial charge in [0, 0.05) is 25.2 Å². The summed E-state index contributed by atoms with van der Waals surface area (Å²) < 4.78 is 27.3. The Hall–Kier alpha value is -0.170. The molecule has 122 valence electrons. The minimum Gasteiger partial charge on any atom is -0.328 e. The van der Waals surface area contributed by atoms with Gasteiger partial charge in [0.05, 0.1) is 5.25 Å². The van der Waals surface area contributed by atoms with Crippen molar-refractivity contribution in [2.75, 3.05) is 26.2 Å². The largest absolute Gasteiger partial charge is 0.328 e. The minimum absolute atomic E-state index is 0.111. The van der Waals surface area contributed by atoms with Crippen LogP contribution >= 0.6 is 0 Å². The van der Waals surface area contributed by atoms with Crippen molar-refractivity contribution in [3.8, 4) is 0 Å². The van der Waals surface area contributed by atoms with Crippen molar-refractivity contribution in [1.29, 1.82) is 0 Å². The van der Waals surface area contributed by atoms with Crippen molar-refractivity contribution in [2.45, 2.75) is 68.7 Å². The Morgan fingerprint density at radius 1 is 0.857 bits per heavy atom. The molecule has 0 aromatic carbocycles. The van der Waals surface area contributed by atoms with E-state index in [0.29, 0.717) is 25.2 Å². The molecule has 3 rings (SSSR count). The van der Waals surface area contributed by atoms with Gasteiger partial charge in [0.25, 0.3) is 0 Å². The van der Waals surface area contributed by atoms with Crippen molar-refractivity contribution >= 4 is 10.0 Å². The van der Waals surface area contributed by atoms with Gasteiger partial charge in [-0.25, -0.2) is 12.7 Å². The Labute approximate surface area is 128 Å². The summed E-state index contributed by atoms with van der Waals surface area (Å²) in [4.78, 5) is 2.46. The van der Waals surface area contributed by atoms with Gasteiger partial charge in [0.15, 0.2) is 0 Å². The van der Waals surface area contributed by atoms with Gasteiger partial charge in [-0.15, -0.1) is 0 Å². The topological polar surface area (TPSA) is 66.6 Å². The summed E-state index contributed by atoms with van der Waals surface area (Å²) in [5.41, 5.74) is 5.96. The fraction of sp³-hybridized carbons (Fsp3) is 1.00. The number of hydrogen-bond acceptors (Lipinski definition) is 4. The Morgan fingerprint density at radius 2 is 1.52 bits per heavy atom. The molecule has 3 fully saturated rings. The van der Waals surface area contributed by atoms with Crippen LogP contribution in [0.4, 0.5) is 0 Å². The Bertz CT molecular complexity index is 440. The van der Waals surface area contributed by atoms with Crippen molar-refractivity contribution in [1.82, 2.24) is 9.21 Å². The molecule has 3 aliphatic rings. The second-order valence-electron chi connectivity index (χ2n) is 6.98. The Balaban J connectivity index is 1.58. The number of hydrogen-bond donors (Lipinski definition) is 1. The van der Waals surface area contributed by atoms with Crippen molar-refractivity contribution in [3.05, 3.63) is 0 Å². The first-order chi connectivity index (χ1) is 10.1. The molecular weight excluding hydrogens is 286 g/mol. The number of sulfonamides is 1. The average molecular weight is 315 g/mol. The third-order valence-electron chi connectivity index (χ3n) is 5.55. The molecule has 0 amide bonds. The van der Waals surface area contributed by atoms with Gasteiger partial charge in [-0.05, 0) is 45.2 Å². The third kappa shape index (κ3) is 3.44. The van der Waals surface area contributed by atoms with Crippen LogP contribution in [0.1, 0.15) is 51.4 Å². The summed E-state index contributed by atoms with van der Waals surface area (Å²) in [6.07, 6.45) is 8.15. The highest BCUT2D eigenvalue weighted by atomic mass is 32.2. The molecule has 2 saturated heterocycles. The van der Waals surface area contributed by atoms with E-state index in [1.807, 2.05) is 0 Å². The van der Waals surface area contributed by atoms with Gasteiger partial charge < -0.3 is 5.73 Å². The number of piperidine rings is 1. The number of nitrogens with two attached hydrogens (primary N) is 1. The first-order valence-electron chi connectivity index (χ1n) is 8.56. The fourth-order valence-corrected chi connectivity index (χ4v) is 6.19. The average Bonchev–Trinajstić information content (AvgIpc) is 2.99. The minimum atomic E-state index is -3.06. The SMILES string of the molecule is NC1CCN(C2CCN(S(=O)(=O)C3CCCCC3)C2)CC1. The molecule has 0 radical (unpaired) electrons. The molecule has 0 aromatic heterocycles. The van der Waals surface area contributed by atoms with Gasteiger partial charge in [-0.2, -0.15) is 0 Å². The van der Waals surface area contributed by atoms with Gasteiger partial charge in [0.1, 0.15) is 0 Å². The second kappa shape index (κ2) is 6.52. The normalized spacial score (nSPS) is 31.8. The molecule has 6 heteroatoms. The predicted molar refractivity (Wildman–Crippen MR) is 84.6 cm³/mol. The van der Waals surface area contributed by atoms with Gasteiger partial charge in [-0.3, -0.25) is 4.90 Å². The molecule has 0 bridgehead atoms. The second-order valence-corrected chi connectivity index (χ2v) is 9.19. The summed E-state index contributed by atoms with van der Waals surface area (Å²) in [5, 5.41) is -0.111. The van der Waals surface area contributed by atoms with Crippen molar-refractivity contribution < 1.29 is 8.42 Å². The lowest BCUT2D eigenvalue weighted by Crippen LogP contribution is -2.47. The van der Waals surface area contributed by atoms with E-state index in [0.717, 1.165) is 58.0 Å². The first-order valence-corrected chi connectivity index (χ1v) is 10.1. The van der Waals surface area contributed by atoms with E-state index in [9.17, 15) is 8.42 Å². The monoisotopic (exact) mass is 315 g/mol. The van der Waals surface area contributed by atoms with Crippen LogP contribution in [-0.2, 0) is 10.0 Å². The zero-order valence-corrected chi connectivity index (χ0v) is 13.7. The van der Waals surface area contributed by atoms with E-state index >= 15 is 0 Å². The number of likely N-dealkylation sites (tertiary alicyclic amines) is 1. The maximum absolute atomic E-state index is 12.8. The molecule has 1 saturated carbocycles. The highest BCUT2D eigenvalue weighted by Crippen LogP contribution is 2.29. The first kappa shape index (κ1) is 15.7. The Kier molecular flexibility index (Phi) is 4.88. The molecular formula is C15H29N3O2S. The molecule has 1 unspecified atom stereocenters. The van der Waals surface area contributed by atoms with Crippen LogP contribution in [0.3, 0.4) is 0 Å². The van der Waals surface area contributed by atoms with Gasteiger partial charge in [-0.1, -0.05) is 19.3 Å². The van der Waals surface area contributed by atoms with E-state index in [4.69, 9.17) is 5.73 Å². The third-order valence-corrected chi connectivity index (χ3v) is 7.92. The van der Waals surface area contributed by atoms with Crippen LogP contribution < -0.4 is 5.73 Å². The molecule has 5 nitrogen and oxygen atoms in total. The fourth-order valence-electron chi connectivity index (χ4n) is 4.10. The van der Waals surface area contributed by atoms with E-state index < -0.39 is 10.0 Å². The quantitative estimate of drug-likeness (QED) is 0.848. The molecule has 21 heavy (non-hydrogen) atoms. The molecule has 2 N–H and O–H groups in total. The van der Waals surface area contributed by atoms with Crippen LogP contribution in [0.5, 0.6) is 0 Å². The van der Waals surface area contributed by atoms with Crippen molar-refractivity contribution in [2.24, 2.45) is 5.73 Å². The number of rotatable bonds is 3. The summed E-state index contributed by atoms with van der Waals surface area (Å²) >= 11 is 0. The maximum Gasteiger partial charge on any atom is 0.217 e. The highest BCUT2D eigenvalue weighted by Gasteiger charge is 2.39. The molecule has 0 spiro atoms. The summed E-state index contributed by atoms with van der Waals surface area (Å²) in [6, 6.07) is 0.751. The van der Waals surface area contributed by atoms with Crippen LogP contribution in [0, 0.1) is 0 Å². The lowest BCUT2D eigenvalue weighted by molar-refractivity contribution is 0.158. The summed E-state index contributed by atoms with van der Waals surface area (Å²) in [7, 11) is -3.06. The van der Waals surface area contributed by atoms with Crippen LogP contribution in [0.25, 0.3) is 0 Å². The van der Waals surface area contributed by atoms with E-state index in [1.54, 1.807) is 4.31 Å². The van der Waals surface area contributed by atoms with Crippen LogP contribution in [0.15, 0.2) is 0 Å². The predicted octanol–water partition coefficient (Wildman–Crippen LogP) is 1.15. The van der Waals surface area contributed by atoms with Crippen LogP contribution in [0.2, 0.25) is 0 Å². The Morgan fingerprint density at radius 3 is 2.19 bits per heavy atom. The zero-order chi connectivity index (χ0) is 14.9. The molecule has 0 aromatic rings. The lowest BCUT2D eigenvalue weighted by atomic mass is 10.0. The molecule has 1 aliphatic carbocycles. The van der Waals surface area contributed by atoms with E-state index in [-0.39, 0.29) is 5.25 Å². The smallest absolute Gasteiger partial charge is 0.217 e. The summed E-state index contributed by atoms with van der Waals surface area (Å²) in [5.74, 6) is 0. The zero-order valence-electron chi connectivity index (χ0n) is 12.9. The van der Waals surface area contributed by atoms with Gasteiger partial charge >= 0.3 is 0 Å². The molecule has 2 aliphatic heterocycles. The number of nitrogens with zero attached hydrogens (tertiary/aromatic N) is 2. The van der Waals surface area contributed by atoms with Gasteiger partial charge in [0.2, 0.25) is 10.0 Å². The highest BCUT2D eigenvalue weighted by molar-refractivity contribution is 7.89.